The lowest BCUT2D eigenvalue weighted by molar-refractivity contribution is -0.142. The van der Waals surface area contributed by atoms with E-state index in [4.69, 9.17) is 30.2 Å². The van der Waals surface area contributed by atoms with Gasteiger partial charge in [-0.2, -0.15) is 5.10 Å². The van der Waals surface area contributed by atoms with Crippen molar-refractivity contribution in [2.24, 2.45) is 5.10 Å². The first kappa shape index (κ1) is 30.7. The maximum absolute atomic E-state index is 12.6. The summed E-state index contributed by atoms with van der Waals surface area (Å²) in [6.45, 7) is 6.03. The molecule has 0 bridgehead atoms. The van der Waals surface area contributed by atoms with Crippen molar-refractivity contribution in [1.29, 1.82) is 0 Å². The summed E-state index contributed by atoms with van der Waals surface area (Å²) >= 11 is 9.83. The van der Waals surface area contributed by atoms with Crippen LogP contribution >= 0.6 is 27.5 Å². The van der Waals surface area contributed by atoms with Crippen LogP contribution < -0.4 is 19.6 Å². The molecular weight excluding hydrogens is 630 g/mol. The third-order valence-electron chi connectivity index (χ3n) is 6.02. The molecule has 12 heteroatoms. The van der Waals surface area contributed by atoms with Crippen LogP contribution in [0.2, 0.25) is 5.02 Å². The largest absolute Gasteiger partial charge is 0.490 e. The molecule has 1 amide bonds. The Morgan fingerprint density at radius 3 is 2.43 bits per heavy atom. The van der Waals surface area contributed by atoms with Crippen LogP contribution in [0, 0.1) is 13.8 Å². The van der Waals surface area contributed by atoms with Crippen LogP contribution in [0.1, 0.15) is 40.2 Å². The van der Waals surface area contributed by atoms with Crippen molar-refractivity contribution in [3.63, 3.8) is 0 Å². The number of aryl methyl sites for hydroxylation is 2. The molecule has 2 aromatic carbocycles. The number of hydrogen-bond acceptors (Lipinski definition) is 8. The van der Waals surface area contributed by atoms with Crippen LogP contribution in [-0.2, 0) is 16.1 Å². The lowest BCUT2D eigenvalue weighted by atomic mass is 10.2. The number of hydrogen-bond donors (Lipinski definition) is 1. The summed E-state index contributed by atoms with van der Waals surface area (Å²) in [4.78, 5) is 24.1. The maximum atomic E-state index is 12.6. The van der Waals surface area contributed by atoms with E-state index in [0.29, 0.717) is 33.9 Å². The summed E-state index contributed by atoms with van der Waals surface area (Å²) in [5, 5.41) is 4.17. The molecule has 4 rings (SSSR count). The molecule has 0 spiro atoms. The third-order valence-corrected chi connectivity index (χ3v) is 7.46. The van der Waals surface area contributed by atoms with E-state index in [1.54, 1.807) is 19.1 Å². The molecule has 2 aromatic heterocycles. The normalized spacial score (nSPS) is 11.0. The molecule has 0 saturated heterocycles. The standard InChI is InChI=1S/C30H29BrClN3O7/c1-5-39-25-14-20(27(31)28(32)29(25)41-17-26(36)38-4)15-33-34-30(37)24-13-12-23(42-24)16-40-22-10-8-21(9-11-22)35-18(2)6-7-19(35)3/h6-15H,5,16-17H2,1-4H3,(H,34,37)/b33-15+. The van der Waals surface area contributed by atoms with E-state index in [-0.39, 0.29) is 29.7 Å². The topological polar surface area (TPSA) is 114 Å². The van der Waals surface area contributed by atoms with E-state index >= 15 is 0 Å². The van der Waals surface area contributed by atoms with E-state index in [1.165, 1.54) is 19.4 Å². The smallest absolute Gasteiger partial charge is 0.343 e. The molecule has 0 fully saturated rings. The van der Waals surface area contributed by atoms with Gasteiger partial charge in [0.25, 0.3) is 0 Å². The van der Waals surface area contributed by atoms with Crippen molar-refractivity contribution in [2.75, 3.05) is 20.3 Å². The first-order valence-electron chi connectivity index (χ1n) is 12.9. The van der Waals surface area contributed by atoms with Gasteiger partial charge in [0, 0.05) is 27.1 Å². The van der Waals surface area contributed by atoms with Crippen molar-refractivity contribution >= 4 is 45.6 Å². The Labute approximate surface area is 256 Å². The summed E-state index contributed by atoms with van der Waals surface area (Å²) in [7, 11) is 1.25. The minimum atomic E-state index is -0.571. The van der Waals surface area contributed by atoms with E-state index < -0.39 is 11.9 Å². The van der Waals surface area contributed by atoms with Gasteiger partial charge in [-0.3, -0.25) is 4.79 Å². The van der Waals surface area contributed by atoms with Crippen molar-refractivity contribution in [1.82, 2.24) is 9.99 Å². The van der Waals surface area contributed by atoms with Gasteiger partial charge in [0.15, 0.2) is 23.9 Å². The van der Waals surface area contributed by atoms with Gasteiger partial charge in [0.1, 0.15) is 23.1 Å². The number of nitrogens with one attached hydrogen (secondary N) is 1. The predicted molar refractivity (Wildman–Crippen MR) is 161 cm³/mol. The number of esters is 1. The van der Waals surface area contributed by atoms with Gasteiger partial charge in [-0.25, -0.2) is 10.2 Å². The van der Waals surface area contributed by atoms with Gasteiger partial charge in [-0.05, 0) is 91.3 Å². The molecule has 0 aliphatic heterocycles. The average Bonchev–Trinajstić information content (AvgIpc) is 3.60. The van der Waals surface area contributed by atoms with E-state index in [9.17, 15) is 9.59 Å². The van der Waals surface area contributed by atoms with Crippen molar-refractivity contribution in [3.8, 4) is 22.9 Å². The van der Waals surface area contributed by atoms with Crippen molar-refractivity contribution < 1.29 is 33.0 Å². The number of amides is 1. The van der Waals surface area contributed by atoms with Gasteiger partial charge in [0.05, 0.1) is 19.9 Å². The zero-order valence-electron chi connectivity index (χ0n) is 23.4. The number of aromatic nitrogens is 1. The summed E-state index contributed by atoms with van der Waals surface area (Å²) < 4.78 is 29.7. The highest BCUT2D eigenvalue weighted by atomic mass is 79.9. The van der Waals surface area contributed by atoms with Crippen LogP contribution in [0.25, 0.3) is 5.69 Å². The molecule has 0 atom stereocenters. The molecule has 0 unspecified atom stereocenters. The third kappa shape index (κ3) is 7.34. The zero-order valence-corrected chi connectivity index (χ0v) is 25.7. The SMILES string of the molecule is CCOc1cc(/C=N/NC(=O)c2ccc(COc3ccc(-n4c(C)ccc4C)cc3)o2)c(Br)c(Cl)c1OCC(=O)OC. The summed E-state index contributed by atoms with van der Waals surface area (Å²) in [5.41, 5.74) is 6.27. The van der Waals surface area contributed by atoms with Crippen molar-refractivity contribution in [2.45, 2.75) is 27.4 Å². The molecule has 4 aromatic rings. The van der Waals surface area contributed by atoms with Crippen LogP contribution in [0.4, 0.5) is 0 Å². The second kappa shape index (κ2) is 14.1. The number of halogens is 2. The van der Waals surface area contributed by atoms with Crippen LogP contribution in [0.5, 0.6) is 17.2 Å². The highest BCUT2D eigenvalue weighted by molar-refractivity contribution is 9.10. The van der Waals surface area contributed by atoms with Gasteiger partial charge in [0.2, 0.25) is 0 Å². The number of ether oxygens (including phenoxy) is 4. The predicted octanol–water partition coefficient (Wildman–Crippen LogP) is 6.40. The average molecular weight is 659 g/mol. The maximum Gasteiger partial charge on any atom is 0.343 e. The summed E-state index contributed by atoms with van der Waals surface area (Å²) in [6.07, 6.45) is 1.38. The fraction of sp³-hybridized carbons (Fsp3) is 0.233. The van der Waals surface area contributed by atoms with Gasteiger partial charge in [-0.1, -0.05) is 11.6 Å². The zero-order chi connectivity index (χ0) is 30.2. The van der Waals surface area contributed by atoms with Crippen LogP contribution in [-0.4, -0.2) is 43.0 Å². The number of benzene rings is 2. The number of carbonyl (C=O) groups is 2. The molecule has 0 aliphatic carbocycles. The molecule has 42 heavy (non-hydrogen) atoms. The Morgan fingerprint density at radius 1 is 1.05 bits per heavy atom. The van der Waals surface area contributed by atoms with Gasteiger partial charge in [-0.15, -0.1) is 0 Å². The second-order valence-corrected chi connectivity index (χ2v) is 10.1. The Balaban J connectivity index is 1.35. The first-order chi connectivity index (χ1) is 20.2. The highest BCUT2D eigenvalue weighted by Crippen LogP contribution is 2.42. The summed E-state index contributed by atoms with van der Waals surface area (Å²) in [5.74, 6) is 0.558. The van der Waals surface area contributed by atoms with Crippen LogP contribution in [0.3, 0.4) is 0 Å². The Morgan fingerprint density at radius 2 is 1.76 bits per heavy atom. The van der Waals surface area contributed by atoms with Gasteiger partial charge < -0.3 is 27.9 Å². The molecule has 1 N–H and O–H groups in total. The second-order valence-electron chi connectivity index (χ2n) is 8.92. The summed E-state index contributed by atoms with van der Waals surface area (Å²) in [6, 6.07) is 16.7. The lowest BCUT2D eigenvalue weighted by Crippen LogP contribution is -2.17. The highest BCUT2D eigenvalue weighted by Gasteiger charge is 2.19. The quantitative estimate of drug-likeness (QED) is 0.107. The number of methoxy groups -OCH3 is 1. The first-order valence-corrected chi connectivity index (χ1v) is 14.0. The minimum Gasteiger partial charge on any atom is -0.490 e. The Hall–Kier alpha value is -4.22. The lowest BCUT2D eigenvalue weighted by Gasteiger charge is -2.15. The van der Waals surface area contributed by atoms with Crippen molar-refractivity contribution in [3.05, 3.63) is 92.6 Å². The number of carbonyl (C=O) groups excluding carboxylic acids is 2. The number of nitrogens with zero attached hydrogens (tertiary/aromatic N) is 2. The molecule has 0 aliphatic rings. The molecule has 2 heterocycles. The fourth-order valence-electron chi connectivity index (χ4n) is 4.00. The number of furan rings is 1. The molecule has 220 valence electrons. The number of rotatable bonds is 12. The van der Waals surface area contributed by atoms with Crippen LogP contribution in [0.15, 0.2) is 68.6 Å². The fourth-order valence-corrected chi connectivity index (χ4v) is 4.65. The molecule has 0 radical (unpaired) electrons. The van der Waals surface area contributed by atoms with E-state index in [2.05, 4.69) is 61.7 Å². The van der Waals surface area contributed by atoms with E-state index in [0.717, 1.165) is 17.1 Å². The Kier molecular flexibility index (Phi) is 10.3. The monoisotopic (exact) mass is 657 g/mol. The molecule has 10 nitrogen and oxygen atoms in total. The van der Waals surface area contributed by atoms with E-state index in [1.807, 2.05) is 24.3 Å². The number of hydrazone groups is 1. The van der Waals surface area contributed by atoms with Gasteiger partial charge >= 0.3 is 11.9 Å². The molecule has 0 saturated carbocycles. The minimum absolute atomic E-state index is 0.0679. The molecular formula is C30H29BrClN3O7. The Bertz CT molecular complexity index is 1580.